The Morgan fingerprint density at radius 3 is 2.58 bits per heavy atom. The van der Waals surface area contributed by atoms with Crippen LogP contribution >= 0.6 is 0 Å². The molecule has 2 amide bonds. The van der Waals surface area contributed by atoms with Crippen molar-refractivity contribution < 1.29 is 18.7 Å². The maximum atomic E-state index is 11.6. The van der Waals surface area contributed by atoms with Gasteiger partial charge in [-0.25, -0.2) is 0 Å². The first kappa shape index (κ1) is 16.8. The van der Waals surface area contributed by atoms with Crippen LogP contribution in [-0.2, 0) is 9.59 Å². The maximum Gasteiger partial charge on any atom is 0.276 e. The lowest BCUT2D eigenvalue weighted by Gasteiger charge is -2.07. The van der Waals surface area contributed by atoms with Crippen LogP contribution in [0.2, 0.25) is 0 Å². The van der Waals surface area contributed by atoms with E-state index >= 15 is 0 Å². The van der Waals surface area contributed by atoms with Gasteiger partial charge >= 0.3 is 0 Å². The Kier molecular flexibility index (Phi) is 5.75. The summed E-state index contributed by atoms with van der Waals surface area (Å²) in [5.41, 5.74) is 4.94. The van der Waals surface area contributed by atoms with Gasteiger partial charge in [-0.15, -0.1) is 0 Å². The predicted octanol–water partition coefficient (Wildman–Crippen LogP) is 1.70. The topological polar surface area (TPSA) is 104 Å². The van der Waals surface area contributed by atoms with Gasteiger partial charge in [-0.1, -0.05) is 0 Å². The molecule has 2 aromatic rings. The van der Waals surface area contributed by atoms with Gasteiger partial charge in [0.05, 0.1) is 11.6 Å². The molecule has 0 aliphatic heterocycles. The third-order valence-electron chi connectivity index (χ3n) is 2.84. The molecule has 7 heteroatoms. The van der Waals surface area contributed by atoms with E-state index in [9.17, 15) is 9.59 Å². The number of amides is 2. The minimum atomic E-state index is -0.519. The smallest absolute Gasteiger partial charge is 0.276 e. The van der Waals surface area contributed by atoms with E-state index in [1.807, 2.05) is 6.07 Å². The highest BCUT2D eigenvalue weighted by Gasteiger charge is 2.04. The average molecular weight is 325 g/mol. The minimum Gasteiger partial charge on any atom is -0.484 e. The van der Waals surface area contributed by atoms with Crippen LogP contribution < -0.4 is 15.6 Å². The van der Waals surface area contributed by atoms with Gasteiger partial charge in [0, 0.05) is 6.08 Å². The Hall–Kier alpha value is -3.53. The molecule has 122 valence electrons. The Morgan fingerprint density at radius 2 is 1.96 bits per heavy atom. The predicted molar refractivity (Wildman–Crippen MR) is 85.4 cm³/mol. The van der Waals surface area contributed by atoms with Crippen molar-refractivity contribution in [2.75, 3.05) is 6.61 Å². The highest BCUT2D eigenvalue weighted by atomic mass is 16.5. The van der Waals surface area contributed by atoms with E-state index in [4.69, 9.17) is 14.4 Å². The van der Waals surface area contributed by atoms with E-state index in [-0.39, 0.29) is 6.61 Å². The third-order valence-corrected chi connectivity index (χ3v) is 2.84. The Balaban J connectivity index is 1.71. The molecule has 0 fully saturated rings. The number of nitriles is 1. The van der Waals surface area contributed by atoms with Gasteiger partial charge in [0.1, 0.15) is 17.3 Å². The van der Waals surface area contributed by atoms with Crippen LogP contribution in [0.15, 0.2) is 46.9 Å². The summed E-state index contributed by atoms with van der Waals surface area (Å²) in [6.07, 6.45) is 2.72. The number of rotatable bonds is 5. The molecule has 0 aliphatic carbocycles. The SMILES string of the molecule is Cc1ccc(C=CC(=O)NNC(=O)COc2ccc(C#N)cc2)o1. The molecule has 7 nitrogen and oxygen atoms in total. The lowest BCUT2D eigenvalue weighted by Crippen LogP contribution is -2.43. The fourth-order valence-electron chi connectivity index (χ4n) is 1.68. The van der Waals surface area contributed by atoms with Crippen LogP contribution in [0, 0.1) is 18.3 Å². The summed E-state index contributed by atoms with van der Waals surface area (Å²) in [5.74, 6) is 0.704. The van der Waals surface area contributed by atoms with Crippen LogP contribution in [0.5, 0.6) is 5.75 Å². The monoisotopic (exact) mass is 325 g/mol. The highest BCUT2D eigenvalue weighted by Crippen LogP contribution is 2.11. The molecule has 0 saturated carbocycles. The molecule has 1 aromatic carbocycles. The standard InChI is InChI=1S/C17H15N3O4/c1-12-2-5-15(24-12)8-9-16(21)19-20-17(22)11-23-14-6-3-13(10-18)4-7-14/h2-9H,11H2,1H3,(H,19,21)(H,20,22). The number of carbonyl (C=O) groups is 2. The van der Waals surface area contributed by atoms with Gasteiger partial charge in [0.15, 0.2) is 6.61 Å². The quantitative estimate of drug-likeness (QED) is 0.643. The number of hydrogen-bond donors (Lipinski definition) is 2. The first-order valence-corrected chi connectivity index (χ1v) is 7.03. The molecule has 2 N–H and O–H groups in total. The van der Waals surface area contributed by atoms with Crippen LogP contribution in [0.1, 0.15) is 17.1 Å². The zero-order valence-electron chi connectivity index (χ0n) is 12.9. The van der Waals surface area contributed by atoms with Gasteiger partial charge in [-0.2, -0.15) is 5.26 Å². The van der Waals surface area contributed by atoms with Crippen molar-refractivity contribution in [2.24, 2.45) is 0 Å². The molecule has 1 aromatic heterocycles. The van der Waals surface area contributed by atoms with E-state index in [1.165, 1.54) is 12.2 Å². The number of benzene rings is 1. The Bertz CT molecular complexity index is 785. The zero-order chi connectivity index (χ0) is 17.4. The fourth-order valence-corrected chi connectivity index (χ4v) is 1.68. The normalized spacial score (nSPS) is 10.2. The van der Waals surface area contributed by atoms with Crippen molar-refractivity contribution in [2.45, 2.75) is 6.92 Å². The summed E-state index contributed by atoms with van der Waals surface area (Å²) < 4.78 is 10.5. The van der Waals surface area contributed by atoms with Crippen LogP contribution in [0.25, 0.3) is 6.08 Å². The molecule has 2 rings (SSSR count). The Morgan fingerprint density at radius 1 is 1.21 bits per heavy atom. The summed E-state index contributed by atoms with van der Waals surface area (Å²) in [4.78, 5) is 23.1. The molecular formula is C17H15N3O4. The summed E-state index contributed by atoms with van der Waals surface area (Å²) >= 11 is 0. The number of ether oxygens (including phenoxy) is 1. The molecule has 0 atom stereocenters. The molecule has 24 heavy (non-hydrogen) atoms. The Labute approximate surface area is 138 Å². The summed E-state index contributed by atoms with van der Waals surface area (Å²) in [5, 5.41) is 8.68. The maximum absolute atomic E-state index is 11.6. The number of carbonyl (C=O) groups excluding carboxylic acids is 2. The lowest BCUT2D eigenvalue weighted by atomic mass is 10.2. The van der Waals surface area contributed by atoms with Crippen molar-refractivity contribution in [3.63, 3.8) is 0 Å². The third kappa shape index (κ3) is 5.35. The molecular weight excluding hydrogens is 310 g/mol. The van der Waals surface area contributed by atoms with Crippen molar-refractivity contribution in [1.29, 1.82) is 5.26 Å². The van der Waals surface area contributed by atoms with Crippen LogP contribution in [0.4, 0.5) is 0 Å². The van der Waals surface area contributed by atoms with Gasteiger partial charge in [-0.05, 0) is 49.4 Å². The van der Waals surface area contributed by atoms with E-state index in [2.05, 4.69) is 10.9 Å². The second-order valence-electron chi connectivity index (χ2n) is 4.74. The minimum absolute atomic E-state index is 0.271. The van der Waals surface area contributed by atoms with E-state index in [0.29, 0.717) is 17.1 Å². The molecule has 0 saturated heterocycles. The summed E-state index contributed by atoms with van der Waals surface area (Å²) in [6.45, 7) is 1.53. The number of nitrogens with one attached hydrogen (secondary N) is 2. The molecule has 0 spiro atoms. The van der Waals surface area contributed by atoms with E-state index in [0.717, 1.165) is 5.76 Å². The van der Waals surface area contributed by atoms with E-state index in [1.54, 1.807) is 43.3 Å². The largest absolute Gasteiger partial charge is 0.484 e. The number of hydrogen-bond acceptors (Lipinski definition) is 5. The van der Waals surface area contributed by atoms with Crippen LogP contribution in [-0.4, -0.2) is 18.4 Å². The fraction of sp³-hybridized carbons (Fsp3) is 0.118. The molecule has 0 radical (unpaired) electrons. The summed E-state index contributed by atoms with van der Waals surface area (Å²) in [6, 6.07) is 11.8. The zero-order valence-corrected chi connectivity index (χ0v) is 12.9. The molecule has 0 unspecified atom stereocenters. The van der Waals surface area contributed by atoms with Crippen molar-refractivity contribution in [3.05, 3.63) is 59.6 Å². The highest BCUT2D eigenvalue weighted by molar-refractivity contribution is 5.92. The molecule has 0 aliphatic rings. The van der Waals surface area contributed by atoms with Gasteiger partial charge in [0.2, 0.25) is 0 Å². The van der Waals surface area contributed by atoms with Gasteiger partial charge < -0.3 is 9.15 Å². The average Bonchev–Trinajstić information content (AvgIpc) is 3.02. The number of furan rings is 1. The van der Waals surface area contributed by atoms with Crippen LogP contribution in [0.3, 0.4) is 0 Å². The first-order valence-electron chi connectivity index (χ1n) is 7.03. The molecule has 0 bridgehead atoms. The van der Waals surface area contributed by atoms with Crippen molar-refractivity contribution in [3.8, 4) is 11.8 Å². The van der Waals surface area contributed by atoms with Gasteiger partial charge in [0.25, 0.3) is 11.8 Å². The summed E-state index contributed by atoms with van der Waals surface area (Å²) in [7, 11) is 0. The number of nitrogens with zero attached hydrogens (tertiary/aromatic N) is 1. The van der Waals surface area contributed by atoms with E-state index < -0.39 is 11.8 Å². The number of hydrazine groups is 1. The van der Waals surface area contributed by atoms with Gasteiger partial charge in [-0.3, -0.25) is 20.4 Å². The number of aryl methyl sites for hydroxylation is 1. The van der Waals surface area contributed by atoms with Crippen molar-refractivity contribution >= 4 is 17.9 Å². The lowest BCUT2D eigenvalue weighted by molar-refractivity contribution is -0.128. The second-order valence-corrected chi connectivity index (χ2v) is 4.74. The molecule has 1 heterocycles. The second kappa shape index (κ2) is 8.19. The first-order chi connectivity index (χ1) is 11.6. The van der Waals surface area contributed by atoms with Crippen molar-refractivity contribution in [1.82, 2.24) is 10.9 Å².